The van der Waals surface area contributed by atoms with E-state index in [1.165, 1.54) is 4.90 Å². The lowest BCUT2D eigenvalue weighted by atomic mass is 9.92. The van der Waals surface area contributed by atoms with Gasteiger partial charge in [-0.25, -0.2) is 0 Å². The highest BCUT2D eigenvalue weighted by atomic mass is 16.7. The molecule has 3 rings (SSSR count). The Balaban J connectivity index is 1.97. The molecule has 1 unspecified atom stereocenters. The molecular weight excluding hydrogens is 342 g/mol. The molecule has 1 aliphatic rings. The number of benzene rings is 2. The fourth-order valence-electron chi connectivity index (χ4n) is 3.50. The van der Waals surface area contributed by atoms with E-state index in [1.807, 2.05) is 36.4 Å². The Morgan fingerprint density at radius 1 is 1.26 bits per heavy atom. The van der Waals surface area contributed by atoms with E-state index in [9.17, 15) is 9.90 Å². The smallest absolute Gasteiger partial charge is 0.256 e. The summed E-state index contributed by atoms with van der Waals surface area (Å²) in [4.78, 5) is 14.2. The topological polar surface area (TPSA) is 59.0 Å². The summed E-state index contributed by atoms with van der Waals surface area (Å²) in [5.41, 5.74) is 1.71. The number of methoxy groups -OCH3 is 1. The first kappa shape index (κ1) is 19.1. The van der Waals surface area contributed by atoms with Crippen LogP contribution in [-0.2, 0) is 23.3 Å². The molecule has 0 saturated carbocycles. The number of aryl methyl sites for hydroxylation is 1. The van der Waals surface area contributed by atoms with Gasteiger partial charge in [0.25, 0.3) is 5.91 Å². The van der Waals surface area contributed by atoms with Crippen LogP contribution in [0.25, 0.3) is 0 Å². The number of carbonyl (C=O) groups is 1. The summed E-state index contributed by atoms with van der Waals surface area (Å²) in [6.45, 7) is 3.88. The van der Waals surface area contributed by atoms with Gasteiger partial charge < -0.3 is 19.5 Å². The number of fused-ring (bicyclic) bond motifs is 1. The number of aliphatic hydroxyl groups is 1. The van der Waals surface area contributed by atoms with Gasteiger partial charge in [0.2, 0.25) is 0 Å². The predicted octanol–water partition coefficient (Wildman–Crippen LogP) is 3.26. The van der Waals surface area contributed by atoms with Crippen molar-refractivity contribution in [1.29, 1.82) is 0 Å². The summed E-state index contributed by atoms with van der Waals surface area (Å²) in [6, 6.07) is 13.5. The Morgan fingerprint density at radius 3 is 2.67 bits per heavy atom. The Kier molecular flexibility index (Phi) is 5.63. The first-order valence-electron chi connectivity index (χ1n) is 8.95. The molecule has 27 heavy (non-hydrogen) atoms. The van der Waals surface area contributed by atoms with E-state index < -0.39 is 5.72 Å². The third-order valence-corrected chi connectivity index (χ3v) is 5.02. The van der Waals surface area contributed by atoms with Crippen LogP contribution in [0.5, 0.6) is 5.75 Å². The summed E-state index contributed by atoms with van der Waals surface area (Å²) in [7, 11) is 3.18. The van der Waals surface area contributed by atoms with Crippen LogP contribution in [0, 0.1) is 0 Å². The standard InChI is InChI=1S/C22H25NO4/c1-4-8-17-13-19-18(14-20(17)27-15-26-3)21(24)23(2)22(19,25)12-11-16-9-6-5-7-10-16/h4-7,9-10,13-14,25H,1,8,11-12,15H2,2-3H3. The average molecular weight is 367 g/mol. The lowest BCUT2D eigenvalue weighted by molar-refractivity contribution is -0.0782. The van der Waals surface area contributed by atoms with Gasteiger partial charge in [0, 0.05) is 26.1 Å². The van der Waals surface area contributed by atoms with Gasteiger partial charge in [-0.1, -0.05) is 36.4 Å². The van der Waals surface area contributed by atoms with Crippen molar-refractivity contribution in [2.45, 2.75) is 25.0 Å². The maximum Gasteiger partial charge on any atom is 0.256 e. The van der Waals surface area contributed by atoms with Gasteiger partial charge in [-0.05, 0) is 36.1 Å². The van der Waals surface area contributed by atoms with Gasteiger partial charge in [-0.2, -0.15) is 0 Å². The van der Waals surface area contributed by atoms with E-state index >= 15 is 0 Å². The monoisotopic (exact) mass is 367 g/mol. The van der Waals surface area contributed by atoms with E-state index in [-0.39, 0.29) is 12.7 Å². The van der Waals surface area contributed by atoms with Crippen molar-refractivity contribution in [3.05, 3.63) is 77.4 Å². The Morgan fingerprint density at radius 2 is 2.00 bits per heavy atom. The normalized spacial score (nSPS) is 18.5. The van der Waals surface area contributed by atoms with Crippen LogP contribution >= 0.6 is 0 Å². The molecule has 1 amide bonds. The van der Waals surface area contributed by atoms with E-state index in [1.54, 1.807) is 26.3 Å². The van der Waals surface area contributed by atoms with Gasteiger partial charge in [0.05, 0.1) is 5.56 Å². The van der Waals surface area contributed by atoms with E-state index in [0.717, 1.165) is 11.1 Å². The summed E-state index contributed by atoms with van der Waals surface area (Å²) >= 11 is 0. The molecule has 0 aliphatic carbocycles. The maximum absolute atomic E-state index is 12.8. The SMILES string of the molecule is C=CCc1cc2c(cc1OCOC)C(=O)N(C)C2(O)CCc1ccccc1. The van der Waals surface area contributed by atoms with Crippen molar-refractivity contribution in [2.75, 3.05) is 21.0 Å². The predicted molar refractivity (Wildman–Crippen MR) is 104 cm³/mol. The lowest BCUT2D eigenvalue weighted by Gasteiger charge is -2.32. The second-order valence-corrected chi connectivity index (χ2v) is 6.72. The minimum atomic E-state index is -1.35. The average Bonchev–Trinajstić information content (AvgIpc) is 2.87. The Hall–Kier alpha value is -2.63. The number of nitrogens with zero attached hydrogens (tertiary/aromatic N) is 1. The Labute approximate surface area is 159 Å². The third-order valence-electron chi connectivity index (χ3n) is 5.02. The van der Waals surface area contributed by atoms with Crippen molar-refractivity contribution >= 4 is 5.91 Å². The number of amides is 1. The number of hydrogen-bond acceptors (Lipinski definition) is 4. The summed E-state index contributed by atoms with van der Waals surface area (Å²) in [5.74, 6) is 0.359. The maximum atomic E-state index is 12.8. The zero-order chi connectivity index (χ0) is 19.4. The molecule has 0 bridgehead atoms. The van der Waals surface area contributed by atoms with E-state index in [2.05, 4.69) is 6.58 Å². The minimum Gasteiger partial charge on any atom is -0.467 e. The molecule has 0 fully saturated rings. The third kappa shape index (κ3) is 3.61. The van der Waals surface area contributed by atoms with Gasteiger partial charge >= 0.3 is 0 Å². The Bertz CT molecular complexity index is 834. The zero-order valence-electron chi connectivity index (χ0n) is 15.8. The molecule has 2 aromatic carbocycles. The van der Waals surface area contributed by atoms with Crippen molar-refractivity contribution < 1.29 is 19.4 Å². The molecular formula is C22H25NO4. The second-order valence-electron chi connectivity index (χ2n) is 6.72. The van der Waals surface area contributed by atoms with Crippen molar-refractivity contribution in [3.8, 4) is 5.75 Å². The molecule has 5 nitrogen and oxygen atoms in total. The zero-order valence-corrected chi connectivity index (χ0v) is 15.8. The summed E-state index contributed by atoms with van der Waals surface area (Å²) in [6.07, 6.45) is 3.41. The molecule has 2 aromatic rings. The number of carbonyl (C=O) groups excluding carboxylic acids is 1. The van der Waals surface area contributed by atoms with Crippen LogP contribution in [0.1, 0.15) is 33.5 Å². The molecule has 1 heterocycles. The molecule has 1 N–H and O–H groups in total. The van der Waals surface area contributed by atoms with E-state index in [4.69, 9.17) is 9.47 Å². The largest absolute Gasteiger partial charge is 0.467 e. The van der Waals surface area contributed by atoms with Crippen LogP contribution < -0.4 is 4.74 Å². The molecule has 1 atom stereocenters. The number of allylic oxidation sites excluding steroid dienone is 1. The molecule has 1 aliphatic heterocycles. The van der Waals surface area contributed by atoms with E-state index in [0.29, 0.717) is 36.1 Å². The van der Waals surface area contributed by atoms with Gasteiger partial charge in [-0.3, -0.25) is 4.79 Å². The van der Waals surface area contributed by atoms with Gasteiger partial charge in [0.1, 0.15) is 5.75 Å². The van der Waals surface area contributed by atoms with Crippen LogP contribution in [0.3, 0.4) is 0 Å². The fraction of sp³-hybridized carbons (Fsp3) is 0.318. The van der Waals surface area contributed by atoms with Crippen LogP contribution in [0.4, 0.5) is 0 Å². The minimum absolute atomic E-state index is 0.0885. The summed E-state index contributed by atoms with van der Waals surface area (Å²) < 4.78 is 10.6. The molecule has 0 radical (unpaired) electrons. The van der Waals surface area contributed by atoms with Crippen molar-refractivity contribution in [1.82, 2.24) is 4.90 Å². The molecule has 0 saturated heterocycles. The number of hydrogen-bond donors (Lipinski definition) is 1. The molecule has 5 heteroatoms. The van der Waals surface area contributed by atoms with Gasteiger partial charge in [-0.15, -0.1) is 6.58 Å². The number of rotatable bonds is 8. The molecule has 0 aromatic heterocycles. The van der Waals surface area contributed by atoms with Crippen molar-refractivity contribution in [3.63, 3.8) is 0 Å². The lowest BCUT2D eigenvalue weighted by Crippen LogP contribution is -2.41. The molecule has 0 spiro atoms. The highest BCUT2D eigenvalue weighted by Gasteiger charge is 2.46. The molecule has 142 valence electrons. The highest BCUT2D eigenvalue weighted by Crippen LogP contribution is 2.42. The fourth-order valence-corrected chi connectivity index (χ4v) is 3.50. The summed E-state index contributed by atoms with van der Waals surface area (Å²) in [5, 5.41) is 11.4. The second kappa shape index (κ2) is 7.94. The van der Waals surface area contributed by atoms with Crippen LogP contribution in [0.2, 0.25) is 0 Å². The number of ether oxygens (including phenoxy) is 2. The quantitative estimate of drug-likeness (QED) is 0.575. The van der Waals surface area contributed by atoms with Crippen molar-refractivity contribution in [2.24, 2.45) is 0 Å². The highest BCUT2D eigenvalue weighted by molar-refractivity contribution is 6.00. The van der Waals surface area contributed by atoms with Crippen LogP contribution in [0.15, 0.2) is 55.1 Å². The first-order valence-corrected chi connectivity index (χ1v) is 8.95. The van der Waals surface area contributed by atoms with Crippen LogP contribution in [-0.4, -0.2) is 36.9 Å². The van der Waals surface area contributed by atoms with Gasteiger partial charge in [0.15, 0.2) is 12.5 Å². The first-order chi connectivity index (χ1) is 13.0.